The normalized spacial score (nSPS) is 17.4. The highest BCUT2D eigenvalue weighted by molar-refractivity contribution is 9.10. The van der Waals surface area contributed by atoms with Crippen molar-refractivity contribution < 1.29 is 13.9 Å². The third-order valence-corrected chi connectivity index (χ3v) is 4.20. The molecular formula is C15H18BrFO2. The third-order valence-electron chi connectivity index (χ3n) is 3.71. The number of benzene rings is 1. The first-order valence-corrected chi connectivity index (χ1v) is 7.54. The smallest absolute Gasteiger partial charge is 0.313 e. The molecule has 1 fully saturated rings. The van der Waals surface area contributed by atoms with Gasteiger partial charge in [0, 0.05) is 10.0 Å². The lowest BCUT2D eigenvalue weighted by Crippen LogP contribution is -2.23. The molecule has 0 heterocycles. The standard InChI is InChI=1S/C15H18BrFO2/c1-2-19-15(18)14(10-5-3-4-6-10)12-8-7-11(16)9-13(12)17/h7-10,14H,2-6H2,1H3/t14-/m1/s1. The average Bonchev–Trinajstić information content (AvgIpc) is 2.86. The van der Waals surface area contributed by atoms with Crippen LogP contribution in [0, 0.1) is 11.7 Å². The molecule has 0 radical (unpaired) electrons. The second-order valence-electron chi connectivity index (χ2n) is 4.94. The molecule has 0 unspecified atom stereocenters. The molecule has 1 atom stereocenters. The van der Waals surface area contributed by atoms with Gasteiger partial charge in [0.05, 0.1) is 12.5 Å². The molecule has 0 aliphatic heterocycles. The van der Waals surface area contributed by atoms with Gasteiger partial charge in [-0.15, -0.1) is 0 Å². The summed E-state index contributed by atoms with van der Waals surface area (Å²) in [5.41, 5.74) is 0.466. The quantitative estimate of drug-likeness (QED) is 0.764. The molecule has 2 nitrogen and oxygen atoms in total. The Morgan fingerprint density at radius 3 is 2.74 bits per heavy atom. The Kier molecular flexibility index (Phi) is 4.97. The minimum Gasteiger partial charge on any atom is -0.466 e. The van der Waals surface area contributed by atoms with Gasteiger partial charge < -0.3 is 4.74 Å². The summed E-state index contributed by atoms with van der Waals surface area (Å²) in [6.07, 6.45) is 4.16. The fourth-order valence-corrected chi connectivity index (χ4v) is 3.18. The van der Waals surface area contributed by atoms with E-state index in [0.717, 1.165) is 25.7 Å². The number of carbonyl (C=O) groups is 1. The fraction of sp³-hybridized carbons (Fsp3) is 0.533. The molecule has 2 rings (SSSR count). The summed E-state index contributed by atoms with van der Waals surface area (Å²) in [6.45, 7) is 2.11. The Labute approximate surface area is 121 Å². The van der Waals surface area contributed by atoms with Crippen LogP contribution in [0.25, 0.3) is 0 Å². The zero-order valence-electron chi connectivity index (χ0n) is 11.0. The number of ether oxygens (including phenoxy) is 1. The largest absolute Gasteiger partial charge is 0.466 e. The molecule has 1 aromatic carbocycles. The Hall–Kier alpha value is -0.900. The van der Waals surface area contributed by atoms with E-state index in [1.807, 2.05) is 0 Å². The summed E-state index contributed by atoms with van der Waals surface area (Å²) in [5.74, 6) is -0.889. The summed E-state index contributed by atoms with van der Waals surface area (Å²) in [7, 11) is 0. The maximum atomic E-state index is 14.1. The van der Waals surface area contributed by atoms with E-state index < -0.39 is 5.92 Å². The lowest BCUT2D eigenvalue weighted by Gasteiger charge is -2.22. The van der Waals surface area contributed by atoms with Crippen LogP contribution in [0.4, 0.5) is 4.39 Å². The van der Waals surface area contributed by atoms with Gasteiger partial charge in [0.1, 0.15) is 5.82 Å². The van der Waals surface area contributed by atoms with Crippen molar-refractivity contribution in [2.24, 2.45) is 5.92 Å². The summed E-state index contributed by atoms with van der Waals surface area (Å²) >= 11 is 3.24. The predicted molar refractivity (Wildman–Crippen MR) is 75.4 cm³/mol. The summed E-state index contributed by atoms with van der Waals surface area (Å²) < 4.78 is 19.9. The van der Waals surface area contributed by atoms with E-state index >= 15 is 0 Å². The lowest BCUT2D eigenvalue weighted by molar-refractivity contribution is -0.146. The van der Waals surface area contributed by atoms with Crippen LogP contribution in [0.2, 0.25) is 0 Å². The van der Waals surface area contributed by atoms with Gasteiger partial charge in [-0.2, -0.15) is 0 Å². The SMILES string of the molecule is CCOC(=O)[C@@H](c1ccc(Br)cc1F)C1CCCC1. The van der Waals surface area contributed by atoms with E-state index in [4.69, 9.17) is 4.74 Å². The van der Waals surface area contributed by atoms with Crippen molar-refractivity contribution in [1.29, 1.82) is 0 Å². The van der Waals surface area contributed by atoms with E-state index in [-0.39, 0.29) is 17.7 Å². The highest BCUT2D eigenvalue weighted by atomic mass is 79.9. The van der Waals surface area contributed by atoms with E-state index in [2.05, 4.69) is 15.9 Å². The number of esters is 1. The van der Waals surface area contributed by atoms with Crippen LogP contribution in [-0.2, 0) is 9.53 Å². The van der Waals surface area contributed by atoms with Crippen molar-refractivity contribution in [3.05, 3.63) is 34.1 Å². The van der Waals surface area contributed by atoms with Gasteiger partial charge in [-0.1, -0.05) is 34.8 Å². The molecule has 104 valence electrons. The molecular weight excluding hydrogens is 311 g/mol. The first kappa shape index (κ1) is 14.5. The van der Waals surface area contributed by atoms with Gasteiger partial charge in [0.15, 0.2) is 0 Å². The van der Waals surface area contributed by atoms with Crippen LogP contribution in [-0.4, -0.2) is 12.6 Å². The predicted octanol–water partition coefficient (Wildman–Crippen LogP) is 4.43. The Bertz CT molecular complexity index is 455. The maximum Gasteiger partial charge on any atom is 0.313 e. The van der Waals surface area contributed by atoms with Gasteiger partial charge in [-0.05, 0) is 37.8 Å². The van der Waals surface area contributed by atoms with E-state index in [0.29, 0.717) is 16.6 Å². The van der Waals surface area contributed by atoms with Gasteiger partial charge >= 0.3 is 5.97 Å². The van der Waals surface area contributed by atoms with Crippen LogP contribution < -0.4 is 0 Å². The van der Waals surface area contributed by atoms with E-state index in [1.54, 1.807) is 19.1 Å². The molecule has 0 N–H and O–H groups in total. The van der Waals surface area contributed by atoms with Gasteiger partial charge in [0.2, 0.25) is 0 Å². The van der Waals surface area contributed by atoms with Crippen molar-refractivity contribution >= 4 is 21.9 Å². The molecule has 1 aromatic rings. The highest BCUT2D eigenvalue weighted by Crippen LogP contribution is 2.39. The van der Waals surface area contributed by atoms with Crippen molar-refractivity contribution in [2.45, 2.75) is 38.5 Å². The van der Waals surface area contributed by atoms with Crippen LogP contribution in [0.5, 0.6) is 0 Å². The number of hydrogen-bond acceptors (Lipinski definition) is 2. The molecule has 1 saturated carbocycles. The molecule has 1 aliphatic rings. The molecule has 0 amide bonds. The molecule has 1 aliphatic carbocycles. The van der Waals surface area contributed by atoms with E-state index in [1.165, 1.54) is 6.07 Å². The zero-order chi connectivity index (χ0) is 13.8. The van der Waals surface area contributed by atoms with Crippen LogP contribution >= 0.6 is 15.9 Å². The zero-order valence-corrected chi connectivity index (χ0v) is 12.6. The van der Waals surface area contributed by atoms with Gasteiger partial charge in [-0.25, -0.2) is 4.39 Å². The van der Waals surface area contributed by atoms with Crippen molar-refractivity contribution in [3.8, 4) is 0 Å². The second kappa shape index (κ2) is 6.51. The molecule has 0 aromatic heterocycles. The van der Waals surface area contributed by atoms with Crippen molar-refractivity contribution in [3.63, 3.8) is 0 Å². The third kappa shape index (κ3) is 3.35. The number of rotatable bonds is 4. The molecule has 4 heteroatoms. The fourth-order valence-electron chi connectivity index (χ4n) is 2.85. The summed E-state index contributed by atoms with van der Waals surface area (Å²) in [5, 5.41) is 0. The van der Waals surface area contributed by atoms with Crippen LogP contribution in [0.3, 0.4) is 0 Å². The van der Waals surface area contributed by atoms with E-state index in [9.17, 15) is 9.18 Å². The minimum absolute atomic E-state index is 0.203. The Morgan fingerprint density at radius 2 is 2.16 bits per heavy atom. The topological polar surface area (TPSA) is 26.3 Å². The monoisotopic (exact) mass is 328 g/mol. The van der Waals surface area contributed by atoms with Gasteiger partial charge in [0.25, 0.3) is 0 Å². The molecule has 0 bridgehead atoms. The average molecular weight is 329 g/mol. The van der Waals surface area contributed by atoms with Crippen molar-refractivity contribution in [1.82, 2.24) is 0 Å². The molecule has 19 heavy (non-hydrogen) atoms. The number of hydrogen-bond donors (Lipinski definition) is 0. The summed E-state index contributed by atoms with van der Waals surface area (Å²) in [4.78, 5) is 12.2. The Morgan fingerprint density at radius 1 is 1.47 bits per heavy atom. The molecule has 0 saturated heterocycles. The first-order chi connectivity index (χ1) is 9.13. The minimum atomic E-state index is -0.462. The first-order valence-electron chi connectivity index (χ1n) is 6.75. The van der Waals surface area contributed by atoms with Crippen LogP contribution in [0.1, 0.15) is 44.1 Å². The lowest BCUT2D eigenvalue weighted by atomic mass is 9.84. The highest BCUT2D eigenvalue weighted by Gasteiger charge is 2.34. The maximum absolute atomic E-state index is 14.1. The van der Waals surface area contributed by atoms with Crippen molar-refractivity contribution in [2.75, 3.05) is 6.61 Å². The second-order valence-corrected chi connectivity index (χ2v) is 5.86. The molecule has 0 spiro atoms. The number of carbonyl (C=O) groups excluding carboxylic acids is 1. The summed E-state index contributed by atoms with van der Waals surface area (Å²) in [6, 6.07) is 4.88. The van der Waals surface area contributed by atoms with Gasteiger partial charge in [-0.3, -0.25) is 4.79 Å². The Balaban J connectivity index is 2.32. The number of halogens is 2. The van der Waals surface area contributed by atoms with Crippen LogP contribution in [0.15, 0.2) is 22.7 Å².